The van der Waals surface area contributed by atoms with E-state index < -0.39 is 0 Å². The molecule has 3 unspecified atom stereocenters. The van der Waals surface area contributed by atoms with Crippen molar-refractivity contribution in [3.8, 4) is 0 Å². The molecule has 2 saturated heterocycles. The summed E-state index contributed by atoms with van der Waals surface area (Å²) >= 11 is 0. The van der Waals surface area contributed by atoms with Gasteiger partial charge in [-0.25, -0.2) is 0 Å². The van der Waals surface area contributed by atoms with Crippen molar-refractivity contribution in [1.29, 1.82) is 0 Å². The van der Waals surface area contributed by atoms with Gasteiger partial charge in [-0.15, -0.1) is 0 Å². The summed E-state index contributed by atoms with van der Waals surface area (Å²) in [6.07, 6.45) is 5.81. The third kappa shape index (κ3) is 3.15. The normalized spacial score (nSPS) is 34.2. The standard InChI is InChI=1S/C18H26N2O/c1-2-5-14(6-3-1)17-13-20(12-16-7-4-10-21-16)18(11-19-17)15-8-9-15/h1-3,5-6,15-19H,4,7-13H2. The first-order chi connectivity index (χ1) is 10.4. The molecule has 0 radical (unpaired) electrons. The van der Waals surface area contributed by atoms with Gasteiger partial charge in [-0.3, -0.25) is 4.90 Å². The molecule has 1 aliphatic carbocycles. The molecular weight excluding hydrogens is 260 g/mol. The van der Waals surface area contributed by atoms with Gasteiger partial charge in [0.15, 0.2) is 0 Å². The molecule has 3 nitrogen and oxygen atoms in total. The van der Waals surface area contributed by atoms with Gasteiger partial charge in [0, 0.05) is 38.3 Å². The summed E-state index contributed by atoms with van der Waals surface area (Å²) in [6.45, 7) is 4.36. The fourth-order valence-electron chi connectivity index (χ4n) is 3.94. The third-order valence-corrected chi connectivity index (χ3v) is 5.29. The highest BCUT2D eigenvalue weighted by molar-refractivity contribution is 5.20. The zero-order valence-electron chi connectivity index (χ0n) is 12.7. The van der Waals surface area contributed by atoms with Crippen molar-refractivity contribution >= 4 is 0 Å². The SMILES string of the molecule is c1ccc(C2CN(CC3CCCO3)C(C3CC3)CN2)cc1. The minimum absolute atomic E-state index is 0.473. The van der Waals surface area contributed by atoms with Crippen LogP contribution in [0.4, 0.5) is 0 Å². The molecule has 4 rings (SSSR count). The number of nitrogens with zero attached hydrogens (tertiary/aromatic N) is 1. The maximum absolute atomic E-state index is 5.88. The van der Waals surface area contributed by atoms with E-state index in [4.69, 9.17) is 4.74 Å². The van der Waals surface area contributed by atoms with Crippen LogP contribution in [0.2, 0.25) is 0 Å². The average Bonchev–Trinajstić information content (AvgIpc) is 3.25. The van der Waals surface area contributed by atoms with Crippen LogP contribution in [0.1, 0.15) is 37.3 Å². The summed E-state index contributed by atoms with van der Waals surface area (Å²) in [7, 11) is 0. The van der Waals surface area contributed by atoms with E-state index in [0.29, 0.717) is 12.1 Å². The number of benzene rings is 1. The molecule has 3 fully saturated rings. The first kappa shape index (κ1) is 13.7. The maximum Gasteiger partial charge on any atom is 0.0702 e. The fraction of sp³-hybridized carbons (Fsp3) is 0.667. The van der Waals surface area contributed by atoms with E-state index >= 15 is 0 Å². The Labute approximate surface area is 127 Å². The van der Waals surface area contributed by atoms with Gasteiger partial charge in [0.25, 0.3) is 0 Å². The van der Waals surface area contributed by atoms with Gasteiger partial charge in [-0.05, 0) is 37.2 Å². The van der Waals surface area contributed by atoms with E-state index in [1.165, 1.54) is 31.2 Å². The van der Waals surface area contributed by atoms with Crippen LogP contribution in [0, 0.1) is 5.92 Å². The first-order valence-electron chi connectivity index (χ1n) is 8.54. The molecule has 21 heavy (non-hydrogen) atoms. The van der Waals surface area contributed by atoms with Gasteiger partial charge >= 0.3 is 0 Å². The molecule has 3 aliphatic rings. The van der Waals surface area contributed by atoms with Crippen molar-refractivity contribution in [2.75, 3.05) is 26.2 Å². The number of hydrogen-bond donors (Lipinski definition) is 1. The van der Waals surface area contributed by atoms with Crippen molar-refractivity contribution in [3.63, 3.8) is 0 Å². The van der Waals surface area contributed by atoms with Gasteiger partial charge in [0.05, 0.1) is 6.10 Å². The van der Waals surface area contributed by atoms with Crippen LogP contribution >= 0.6 is 0 Å². The average molecular weight is 286 g/mol. The summed E-state index contributed by atoms with van der Waals surface area (Å²) in [5, 5.41) is 3.78. The molecule has 2 heterocycles. The number of hydrogen-bond acceptors (Lipinski definition) is 3. The Morgan fingerprint density at radius 2 is 2.00 bits per heavy atom. The van der Waals surface area contributed by atoms with Crippen molar-refractivity contribution in [1.82, 2.24) is 10.2 Å². The van der Waals surface area contributed by atoms with Crippen molar-refractivity contribution < 1.29 is 4.74 Å². The lowest BCUT2D eigenvalue weighted by Crippen LogP contribution is -2.55. The van der Waals surface area contributed by atoms with Gasteiger partial charge in [-0.2, -0.15) is 0 Å². The van der Waals surface area contributed by atoms with Gasteiger partial charge in [0.1, 0.15) is 0 Å². The highest BCUT2D eigenvalue weighted by Gasteiger charge is 2.39. The summed E-state index contributed by atoms with van der Waals surface area (Å²) in [5.74, 6) is 0.927. The van der Waals surface area contributed by atoms with Crippen molar-refractivity contribution in [2.45, 2.75) is 43.9 Å². The molecule has 1 aromatic carbocycles. The van der Waals surface area contributed by atoms with Crippen LogP contribution in [-0.2, 0) is 4.74 Å². The number of rotatable bonds is 4. The molecule has 1 saturated carbocycles. The zero-order chi connectivity index (χ0) is 14.1. The Bertz CT molecular complexity index is 454. The smallest absolute Gasteiger partial charge is 0.0702 e. The van der Waals surface area contributed by atoms with E-state index in [1.54, 1.807) is 0 Å². The Kier molecular flexibility index (Phi) is 3.97. The molecule has 114 valence electrons. The van der Waals surface area contributed by atoms with Crippen LogP contribution in [-0.4, -0.2) is 43.3 Å². The lowest BCUT2D eigenvalue weighted by Gasteiger charge is -2.42. The van der Waals surface area contributed by atoms with Gasteiger partial charge in [-0.1, -0.05) is 30.3 Å². The zero-order valence-corrected chi connectivity index (χ0v) is 12.7. The topological polar surface area (TPSA) is 24.5 Å². The molecule has 0 spiro atoms. The third-order valence-electron chi connectivity index (χ3n) is 5.29. The Hall–Kier alpha value is -0.900. The Balaban J connectivity index is 1.46. The summed E-state index contributed by atoms with van der Waals surface area (Å²) in [5.41, 5.74) is 1.42. The highest BCUT2D eigenvalue weighted by Crippen LogP contribution is 2.38. The summed E-state index contributed by atoms with van der Waals surface area (Å²) in [4.78, 5) is 2.72. The molecule has 2 aliphatic heterocycles. The van der Waals surface area contributed by atoms with Crippen LogP contribution < -0.4 is 5.32 Å². The lowest BCUT2D eigenvalue weighted by molar-refractivity contribution is 0.0334. The fourth-order valence-corrected chi connectivity index (χ4v) is 3.94. The van der Waals surface area contributed by atoms with Gasteiger partial charge < -0.3 is 10.1 Å². The van der Waals surface area contributed by atoms with Crippen LogP contribution in [0.25, 0.3) is 0 Å². The van der Waals surface area contributed by atoms with E-state index in [1.807, 2.05) is 0 Å². The Morgan fingerprint density at radius 3 is 2.71 bits per heavy atom. The minimum atomic E-state index is 0.473. The quantitative estimate of drug-likeness (QED) is 0.921. The molecule has 0 bridgehead atoms. The highest BCUT2D eigenvalue weighted by atomic mass is 16.5. The predicted octanol–water partition coefficient (Wildman–Crippen LogP) is 2.59. The molecule has 3 heteroatoms. The second-order valence-electron chi connectivity index (χ2n) is 6.87. The molecular formula is C18H26N2O. The second-order valence-corrected chi connectivity index (χ2v) is 6.87. The van der Waals surface area contributed by atoms with E-state index in [2.05, 4.69) is 40.5 Å². The van der Waals surface area contributed by atoms with Crippen LogP contribution in [0.5, 0.6) is 0 Å². The number of ether oxygens (including phenoxy) is 1. The van der Waals surface area contributed by atoms with Crippen molar-refractivity contribution in [3.05, 3.63) is 35.9 Å². The second kappa shape index (κ2) is 6.07. The largest absolute Gasteiger partial charge is 0.377 e. The maximum atomic E-state index is 5.88. The molecule has 0 aromatic heterocycles. The molecule has 3 atom stereocenters. The van der Waals surface area contributed by atoms with Crippen molar-refractivity contribution in [2.24, 2.45) is 5.92 Å². The Morgan fingerprint density at radius 1 is 1.14 bits per heavy atom. The lowest BCUT2D eigenvalue weighted by atomic mass is 9.99. The summed E-state index contributed by atoms with van der Waals surface area (Å²) in [6, 6.07) is 12.1. The monoisotopic (exact) mass is 286 g/mol. The van der Waals surface area contributed by atoms with E-state index in [0.717, 1.165) is 38.2 Å². The van der Waals surface area contributed by atoms with E-state index in [-0.39, 0.29) is 0 Å². The predicted molar refractivity (Wildman–Crippen MR) is 84.2 cm³/mol. The molecule has 1 N–H and O–H groups in total. The molecule has 0 amide bonds. The van der Waals surface area contributed by atoms with Gasteiger partial charge in [0.2, 0.25) is 0 Å². The minimum Gasteiger partial charge on any atom is -0.377 e. The first-order valence-corrected chi connectivity index (χ1v) is 8.54. The molecule has 1 aromatic rings. The van der Waals surface area contributed by atoms with Crippen LogP contribution in [0.15, 0.2) is 30.3 Å². The summed E-state index contributed by atoms with van der Waals surface area (Å²) < 4.78 is 5.88. The van der Waals surface area contributed by atoms with Crippen LogP contribution in [0.3, 0.4) is 0 Å². The number of piperazine rings is 1. The van der Waals surface area contributed by atoms with E-state index in [9.17, 15) is 0 Å². The number of nitrogens with one attached hydrogen (secondary N) is 1.